The molecular formula is C28H37N3O. The van der Waals surface area contributed by atoms with Gasteiger partial charge in [-0.15, -0.1) is 0 Å². The Morgan fingerprint density at radius 1 is 1.06 bits per heavy atom. The predicted octanol–water partition coefficient (Wildman–Crippen LogP) is 5.97. The molecule has 1 aliphatic heterocycles. The molecule has 0 radical (unpaired) electrons. The monoisotopic (exact) mass is 431 g/mol. The molecule has 0 amide bonds. The van der Waals surface area contributed by atoms with Gasteiger partial charge in [0.1, 0.15) is 5.76 Å². The third-order valence-electron chi connectivity index (χ3n) is 5.63. The van der Waals surface area contributed by atoms with Crippen LogP contribution in [0.15, 0.2) is 84.8 Å². The van der Waals surface area contributed by atoms with Crippen LogP contribution >= 0.6 is 0 Å². The summed E-state index contributed by atoms with van der Waals surface area (Å²) >= 11 is 0. The summed E-state index contributed by atoms with van der Waals surface area (Å²) < 4.78 is 6.02. The molecule has 4 heteroatoms. The Morgan fingerprint density at radius 2 is 1.75 bits per heavy atom. The molecule has 2 aromatic carbocycles. The molecule has 0 bridgehead atoms. The minimum absolute atomic E-state index is 0.0780. The summed E-state index contributed by atoms with van der Waals surface area (Å²) in [5.74, 6) is 0.779. The third-order valence-corrected chi connectivity index (χ3v) is 5.63. The van der Waals surface area contributed by atoms with E-state index in [1.54, 1.807) is 6.08 Å². The van der Waals surface area contributed by atoms with Crippen LogP contribution in [0.4, 0.5) is 0 Å². The van der Waals surface area contributed by atoms with Gasteiger partial charge in [-0.1, -0.05) is 88.9 Å². The fraction of sp³-hybridized carbons (Fsp3) is 0.357. The lowest BCUT2D eigenvalue weighted by Gasteiger charge is -2.22. The summed E-state index contributed by atoms with van der Waals surface area (Å²) in [5, 5.41) is 10.6. The van der Waals surface area contributed by atoms with Gasteiger partial charge in [0.25, 0.3) is 0 Å². The van der Waals surface area contributed by atoms with Gasteiger partial charge in [-0.3, -0.25) is 10.6 Å². The Bertz CT molecular complexity index is 950. The average molecular weight is 432 g/mol. The molecule has 0 saturated carbocycles. The highest BCUT2D eigenvalue weighted by Crippen LogP contribution is 2.29. The van der Waals surface area contributed by atoms with Crippen molar-refractivity contribution in [3.05, 3.63) is 107 Å². The summed E-state index contributed by atoms with van der Waals surface area (Å²) in [6.45, 7) is 16.4. The van der Waals surface area contributed by atoms with Gasteiger partial charge in [0.15, 0.2) is 6.23 Å². The van der Waals surface area contributed by atoms with E-state index < -0.39 is 0 Å². The summed E-state index contributed by atoms with van der Waals surface area (Å²) in [6.07, 6.45) is 5.62. The molecule has 3 rings (SSSR count). The van der Waals surface area contributed by atoms with Gasteiger partial charge >= 0.3 is 0 Å². The van der Waals surface area contributed by atoms with E-state index in [2.05, 4.69) is 98.8 Å². The van der Waals surface area contributed by atoms with Crippen LogP contribution in [0.2, 0.25) is 0 Å². The molecule has 4 nitrogen and oxygen atoms in total. The smallest absolute Gasteiger partial charge is 0.196 e. The summed E-state index contributed by atoms with van der Waals surface area (Å²) in [6, 6.07) is 17.5. The number of hydrogen-bond acceptors (Lipinski definition) is 4. The quantitative estimate of drug-likeness (QED) is 0.428. The Morgan fingerprint density at radius 3 is 2.31 bits per heavy atom. The second kappa shape index (κ2) is 10.7. The van der Waals surface area contributed by atoms with Gasteiger partial charge in [-0.05, 0) is 47.7 Å². The van der Waals surface area contributed by atoms with Crippen molar-refractivity contribution >= 4 is 0 Å². The molecule has 2 atom stereocenters. The molecule has 0 aromatic heterocycles. The maximum Gasteiger partial charge on any atom is 0.196 e. The van der Waals surface area contributed by atoms with E-state index >= 15 is 0 Å². The van der Waals surface area contributed by atoms with Crippen LogP contribution in [0, 0.1) is 0 Å². The first-order chi connectivity index (χ1) is 15.4. The van der Waals surface area contributed by atoms with E-state index in [0.717, 1.165) is 30.1 Å². The number of hydrogen-bond donors (Lipinski definition) is 3. The van der Waals surface area contributed by atoms with E-state index in [4.69, 9.17) is 4.74 Å². The molecule has 32 heavy (non-hydrogen) atoms. The normalized spacial score (nSPS) is 17.3. The zero-order valence-corrected chi connectivity index (χ0v) is 20.0. The van der Waals surface area contributed by atoms with Crippen LogP contribution in [0.25, 0.3) is 0 Å². The molecular weight excluding hydrogens is 394 g/mol. The Hall–Kier alpha value is -2.82. The first-order valence-electron chi connectivity index (χ1n) is 11.4. The zero-order valence-electron chi connectivity index (χ0n) is 20.0. The highest BCUT2D eigenvalue weighted by Gasteiger charge is 2.23. The second-order valence-corrected chi connectivity index (χ2v) is 9.11. The predicted molar refractivity (Wildman–Crippen MR) is 134 cm³/mol. The minimum atomic E-state index is -0.199. The Balaban J connectivity index is 1.65. The largest absolute Gasteiger partial charge is 0.464 e. The zero-order chi connectivity index (χ0) is 23.1. The van der Waals surface area contributed by atoms with Crippen molar-refractivity contribution in [1.29, 1.82) is 0 Å². The van der Waals surface area contributed by atoms with Crippen LogP contribution in [0.1, 0.15) is 69.3 Å². The third kappa shape index (κ3) is 5.90. The fourth-order valence-electron chi connectivity index (χ4n) is 3.76. The van der Waals surface area contributed by atoms with Crippen LogP contribution < -0.4 is 16.0 Å². The molecule has 2 aromatic rings. The first kappa shape index (κ1) is 23.8. The minimum Gasteiger partial charge on any atom is -0.464 e. The van der Waals surface area contributed by atoms with E-state index in [9.17, 15) is 0 Å². The number of ether oxygens (including phenoxy) is 1. The highest BCUT2D eigenvalue weighted by molar-refractivity contribution is 5.34. The van der Waals surface area contributed by atoms with Crippen molar-refractivity contribution < 1.29 is 4.74 Å². The van der Waals surface area contributed by atoms with Gasteiger partial charge in [0.2, 0.25) is 0 Å². The van der Waals surface area contributed by atoms with Gasteiger partial charge in [0, 0.05) is 12.1 Å². The van der Waals surface area contributed by atoms with Crippen LogP contribution in [0.5, 0.6) is 0 Å². The van der Waals surface area contributed by atoms with Gasteiger partial charge < -0.3 is 10.1 Å². The van der Waals surface area contributed by atoms with Gasteiger partial charge in [-0.2, -0.15) is 0 Å². The molecule has 0 spiro atoms. The Kier molecular flexibility index (Phi) is 7.94. The van der Waals surface area contributed by atoms with Crippen molar-refractivity contribution in [2.24, 2.45) is 0 Å². The van der Waals surface area contributed by atoms with E-state index in [0.29, 0.717) is 0 Å². The molecule has 0 saturated heterocycles. The summed E-state index contributed by atoms with van der Waals surface area (Å²) in [7, 11) is 0. The van der Waals surface area contributed by atoms with Crippen LogP contribution in [0.3, 0.4) is 0 Å². The molecule has 1 heterocycles. The van der Waals surface area contributed by atoms with Gasteiger partial charge in [-0.25, -0.2) is 0 Å². The average Bonchev–Trinajstić information content (AvgIpc) is 3.20. The SMILES string of the molecule is C=CC1=C(/C=C\C)NC(c2ccc(C(NCC)NCc3ccc(C(C)(C)C)cc3)cc2)O1. The fourth-order valence-corrected chi connectivity index (χ4v) is 3.76. The van der Waals surface area contributed by atoms with Crippen LogP contribution in [-0.2, 0) is 16.7 Å². The number of allylic oxidation sites excluding steroid dienone is 3. The molecule has 3 N–H and O–H groups in total. The molecule has 170 valence electrons. The topological polar surface area (TPSA) is 45.3 Å². The van der Waals surface area contributed by atoms with E-state index in [1.165, 1.54) is 16.7 Å². The van der Waals surface area contributed by atoms with E-state index in [-0.39, 0.29) is 17.8 Å². The summed E-state index contributed by atoms with van der Waals surface area (Å²) in [4.78, 5) is 0. The molecule has 0 fully saturated rings. The lowest BCUT2D eigenvalue weighted by atomic mass is 9.87. The molecule has 1 aliphatic rings. The van der Waals surface area contributed by atoms with Crippen molar-refractivity contribution in [1.82, 2.24) is 16.0 Å². The number of benzene rings is 2. The maximum atomic E-state index is 6.02. The molecule has 0 aliphatic carbocycles. The van der Waals surface area contributed by atoms with Crippen molar-refractivity contribution in [3.8, 4) is 0 Å². The standard InChI is InChI=1S/C28H37N3O/c1-7-10-24-25(8-2)32-27(31-24)22-15-13-21(14-16-22)26(29-9-3)30-19-20-11-17-23(18-12-20)28(4,5)6/h7-8,10-18,26-27,29-31H,2,9,19H2,1,3-6H3/b10-7-. The first-order valence-corrected chi connectivity index (χ1v) is 11.4. The van der Waals surface area contributed by atoms with Crippen molar-refractivity contribution in [2.75, 3.05) is 6.54 Å². The number of rotatable bonds is 9. The van der Waals surface area contributed by atoms with Crippen molar-refractivity contribution in [2.45, 2.75) is 59.0 Å². The van der Waals surface area contributed by atoms with Crippen molar-refractivity contribution in [3.63, 3.8) is 0 Å². The lowest BCUT2D eigenvalue weighted by molar-refractivity contribution is 0.137. The van der Waals surface area contributed by atoms with Gasteiger partial charge in [0.05, 0.1) is 11.9 Å². The lowest BCUT2D eigenvalue weighted by Crippen LogP contribution is -2.33. The molecule has 2 unspecified atom stereocenters. The second-order valence-electron chi connectivity index (χ2n) is 9.11. The maximum absolute atomic E-state index is 6.02. The van der Waals surface area contributed by atoms with Crippen LogP contribution in [-0.4, -0.2) is 6.54 Å². The van der Waals surface area contributed by atoms with E-state index in [1.807, 2.05) is 19.1 Å². The number of nitrogens with one attached hydrogen (secondary N) is 3. The highest BCUT2D eigenvalue weighted by atomic mass is 16.5. The summed E-state index contributed by atoms with van der Waals surface area (Å²) in [5.41, 5.74) is 6.05. The Labute approximate surface area is 193 Å².